The zero-order valence-corrected chi connectivity index (χ0v) is 16.7. The molecule has 0 spiro atoms. The topological polar surface area (TPSA) is 21.7 Å². The number of nitrogens with zero attached hydrogens (tertiary/aromatic N) is 1. The summed E-state index contributed by atoms with van der Waals surface area (Å²) in [5, 5.41) is 0. The van der Waals surface area contributed by atoms with Gasteiger partial charge in [-0.2, -0.15) is 0 Å². The van der Waals surface area contributed by atoms with E-state index in [0.717, 1.165) is 41.9 Å². The van der Waals surface area contributed by atoms with Crippen LogP contribution in [0.15, 0.2) is 44.6 Å². The lowest BCUT2D eigenvalue weighted by Gasteiger charge is -2.21. The zero-order chi connectivity index (χ0) is 17.1. The first-order chi connectivity index (χ1) is 11.7. The van der Waals surface area contributed by atoms with Crippen molar-refractivity contribution in [3.63, 3.8) is 0 Å². The van der Waals surface area contributed by atoms with Crippen molar-refractivity contribution in [3.05, 3.63) is 45.9 Å². The van der Waals surface area contributed by atoms with E-state index in [0.29, 0.717) is 0 Å². The van der Waals surface area contributed by atoms with Gasteiger partial charge in [0, 0.05) is 18.0 Å². The van der Waals surface area contributed by atoms with Crippen LogP contribution in [0.25, 0.3) is 0 Å². The highest BCUT2D eigenvalue weighted by atomic mass is 79.9. The van der Waals surface area contributed by atoms with Crippen molar-refractivity contribution in [2.75, 3.05) is 34.4 Å². The minimum atomic E-state index is 0.791. The first kappa shape index (κ1) is 17.6. The number of methoxy groups -OCH3 is 2. The molecule has 0 amide bonds. The van der Waals surface area contributed by atoms with Crippen LogP contribution in [0.4, 0.5) is 0 Å². The van der Waals surface area contributed by atoms with E-state index < -0.39 is 0 Å². The van der Waals surface area contributed by atoms with Gasteiger partial charge in [0.2, 0.25) is 0 Å². The molecule has 2 aromatic rings. The van der Waals surface area contributed by atoms with Crippen molar-refractivity contribution in [2.24, 2.45) is 0 Å². The predicted octanol–water partition coefficient (Wildman–Crippen LogP) is 4.65. The van der Waals surface area contributed by atoms with Gasteiger partial charge in [0.05, 0.1) is 23.6 Å². The van der Waals surface area contributed by atoms with Crippen molar-refractivity contribution in [3.8, 4) is 11.5 Å². The first-order valence-electron chi connectivity index (χ1n) is 8.02. The minimum absolute atomic E-state index is 0.791. The van der Waals surface area contributed by atoms with Gasteiger partial charge >= 0.3 is 0 Å². The molecule has 0 aromatic heterocycles. The highest BCUT2D eigenvalue weighted by Crippen LogP contribution is 2.50. The molecule has 0 saturated heterocycles. The fraction of sp³-hybridized carbons (Fsp3) is 0.368. The van der Waals surface area contributed by atoms with Crippen molar-refractivity contribution in [2.45, 2.75) is 22.6 Å². The SMILES string of the molecule is COc1c(Br)c2c(c(Sc3ccccc3)c1OC)CCN(C)CC2. The van der Waals surface area contributed by atoms with E-state index in [9.17, 15) is 0 Å². The molecular formula is C19H22BrNO2S. The molecule has 0 bridgehead atoms. The highest BCUT2D eigenvalue weighted by molar-refractivity contribution is 9.10. The Balaban J connectivity index is 2.17. The first-order valence-corrected chi connectivity index (χ1v) is 9.63. The van der Waals surface area contributed by atoms with Crippen LogP contribution < -0.4 is 9.47 Å². The number of halogens is 1. The van der Waals surface area contributed by atoms with Crippen LogP contribution >= 0.6 is 27.7 Å². The number of benzene rings is 2. The Hall–Kier alpha value is -1.17. The lowest BCUT2D eigenvalue weighted by Crippen LogP contribution is -2.20. The van der Waals surface area contributed by atoms with E-state index in [1.54, 1.807) is 26.0 Å². The lowest BCUT2D eigenvalue weighted by molar-refractivity contribution is 0.344. The Morgan fingerprint density at radius 2 is 1.58 bits per heavy atom. The molecular weight excluding hydrogens is 386 g/mol. The van der Waals surface area contributed by atoms with Gasteiger partial charge in [0.1, 0.15) is 0 Å². The molecule has 3 rings (SSSR count). The summed E-state index contributed by atoms with van der Waals surface area (Å²) in [6.45, 7) is 2.10. The molecule has 0 aliphatic carbocycles. The van der Waals surface area contributed by atoms with E-state index >= 15 is 0 Å². The smallest absolute Gasteiger partial charge is 0.176 e. The quantitative estimate of drug-likeness (QED) is 0.734. The molecule has 128 valence electrons. The monoisotopic (exact) mass is 407 g/mol. The van der Waals surface area contributed by atoms with Crippen LogP contribution in [0.2, 0.25) is 0 Å². The maximum atomic E-state index is 5.76. The summed E-state index contributed by atoms with van der Waals surface area (Å²) in [6, 6.07) is 10.4. The van der Waals surface area contributed by atoms with E-state index in [1.165, 1.54) is 20.9 Å². The summed E-state index contributed by atoms with van der Waals surface area (Å²) < 4.78 is 12.5. The maximum Gasteiger partial charge on any atom is 0.176 e. The highest BCUT2D eigenvalue weighted by Gasteiger charge is 2.26. The second kappa shape index (κ2) is 7.81. The third kappa shape index (κ3) is 3.44. The molecule has 0 radical (unpaired) electrons. The number of hydrogen-bond acceptors (Lipinski definition) is 4. The van der Waals surface area contributed by atoms with Crippen molar-refractivity contribution < 1.29 is 9.47 Å². The van der Waals surface area contributed by atoms with Gasteiger partial charge in [0.25, 0.3) is 0 Å². The van der Waals surface area contributed by atoms with Gasteiger partial charge < -0.3 is 14.4 Å². The molecule has 24 heavy (non-hydrogen) atoms. The van der Waals surface area contributed by atoms with E-state index in [4.69, 9.17) is 9.47 Å². The standard InChI is InChI=1S/C19H22BrNO2S/c1-21-11-9-14-15(10-12-21)19(24-13-7-5-4-6-8-13)18(23-3)17(22-2)16(14)20/h4-8H,9-12H2,1-3H3. The number of ether oxygens (including phenoxy) is 2. The Morgan fingerprint density at radius 3 is 2.21 bits per heavy atom. The van der Waals surface area contributed by atoms with E-state index in [1.807, 2.05) is 6.07 Å². The van der Waals surface area contributed by atoms with Crippen LogP contribution in [0, 0.1) is 0 Å². The second-order valence-corrected chi connectivity index (χ2v) is 7.76. The molecule has 0 saturated carbocycles. The lowest BCUT2D eigenvalue weighted by atomic mass is 10.0. The van der Waals surface area contributed by atoms with E-state index in [2.05, 4.69) is 52.1 Å². The summed E-state index contributed by atoms with van der Waals surface area (Å²) in [7, 11) is 5.60. The summed E-state index contributed by atoms with van der Waals surface area (Å²) in [5.74, 6) is 1.61. The Bertz CT molecular complexity index is 721. The normalized spacial score (nSPS) is 14.8. The van der Waals surface area contributed by atoms with Crippen molar-refractivity contribution >= 4 is 27.7 Å². The number of likely N-dealkylation sites (N-methyl/N-ethyl adjacent to an activating group) is 1. The molecule has 3 nitrogen and oxygen atoms in total. The summed E-state index contributed by atoms with van der Waals surface area (Å²) >= 11 is 5.52. The molecule has 1 heterocycles. The Morgan fingerprint density at radius 1 is 0.958 bits per heavy atom. The van der Waals surface area contributed by atoms with Gasteiger partial charge in [-0.15, -0.1) is 0 Å². The Labute approximate surface area is 156 Å². The van der Waals surface area contributed by atoms with Crippen LogP contribution in [-0.2, 0) is 12.8 Å². The van der Waals surface area contributed by atoms with Crippen molar-refractivity contribution in [1.29, 1.82) is 0 Å². The van der Waals surface area contributed by atoms with Gasteiger partial charge in [0.15, 0.2) is 11.5 Å². The van der Waals surface area contributed by atoms with Crippen LogP contribution in [0.5, 0.6) is 11.5 Å². The van der Waals surface area contributed by atoms with Gasteiger partial charge in [-0.3, -0.25) is 0 Å². The molecule has 1 aliphatic rings. The average Bonchev–Trinajstić information content (AvgIpc) is 2.80. The molecule has 0 atom stereocenters. The summed E-state index contributed by atoms with van der Waals surface area (Å²) in [4.78, 5) is 4.76. The fourth-order valence-electron chi connectivity index (χ4n) is 3.07. The number of fused-ring (bicyclic) bond motifs is 1. The summed E-state index contributed by atoms with van der Waals surface area (Å²) in [5.41, 5.74) is 2.72. The minimum Gasteiger partial charge on any atom is -0.492 e. The van der Waals surface area contributed by atoms with E-state index in [-0.39, 0.29) is 0 Å². The Kier molecular flexibility index (Phi) is 5.74. The predicted molar refractivity (Wildman–Crippen MR) is 103 cm³/mol. The molecule has 0 N–H and O–H groups in total. The van der Waals surface area contributed by atoms with Crippen molar-refractivity contribution in [1.82, 2.24) is 4.90 Å². The zero-order valence-electron chi connectivity index (χ0n) is 14.3. The third-order valence-corrected chi connectivity index (χ3v) is 6.36. The largest absolute Gasteiger partial charge is 0.492 e. The number of hydrogen-bond donors (Lipinski definition) is 0. The molecule has 5 heteroatoms. The third-order valence-electron chi connectivity index (χ3n) is 4.37. The number of rotatable bonds is 4. The van der Waals surface area contributed by atoms with Gasteiger partial charge in [-0.25, -0.2) is 0 Å². The van der Waals surface area contributed by atoms with Crippen LogP contribution in [0.3, 0.4) is 0 Å². The maximum absolute atomic E-state index is 5.76. The van der Waals surface area contributed by atoms with Gasteiger partial charge in [-0.05, 0) is 59.1 Å². The van der Waals surface area contributed by atoms with Crippen LogP contribution in [-0.4, -0.2) is 39.3 Å². The molecule has 1 aliphatic heterocycles. The average molecular weight is 408 g/mol. The second-order valence-electron chi connectivity index (χ2n) is 5.89. The molecule has 0 fully saturated rings. The van der Waals surface area contributed by atoms with Crippen LogP contribution in [0.1, 0.15) is 11.1 Å². The summed E-state index contributed by atoms with van der Waals surface area (Å²) in [6.07, 6.45) is 2.02. The molecule has 2 aromatic carbocycles. The molecule has 0 unspecified atom stereocenters. The fourth-order valence-corrected chi connectivity index (χ4v) is 5.00. The van der Waals surface area contributed by atoms with Gasteiger partial charge in [-0.1, -0.05) is 30.0 Å².